The van der Waals surface area contributed by atoms with E-state index in [1.54, 1.807) is 10.4 Å². The molecular weight excluding hydrogens is 258 g/mol. The first-order valence-electron chi connectivity index (χ1n) is 6.93. The molecule has 0 bridgehead atoms. The molecule has 1 aliphatic rings. The Morgan fingerprint density at radius 2 is 2.32 bits per heavy atom. The van der Waals surface area contributed by atoms with Crippen molar-refractivity contribution in [1.82, 2.24) is 15.5 Å². The number of aromatic nitrogens is 2. The number of fused-ring (bicyclic) bond motifs is 1. The molecule has 0 fully saturated rings. The summed E-state index contributed by atoms with van der Waals surface area (Å²) in [7, 11) is 0. The lowest BCUT2D eigenvalue weighted by Gasteiger charge is -2.10. The molecule has 102 valence electrons. The van der Waals surface area contributed by atoms with Gasteiger partial charge in [-0.3, -0.25) is 0 Å². The van der Waals surface area contributed by atoms with Gasteiger partial charge >= 0.3 is 0 Å². The van der Waals surface area contributed by atoms with Crippen LogP contribution in [0.5, 0.6) is 0 Å². The molecule has 0 amide bonds. The second-order valence-electron chi connectivity index (χ2n) is 5.07. The van der Waals surface area contributed by atoms with Gasteiger partial charge in [0.1, 0.15) is 0 Å². The minimum Gasteiger partial charge on any atom is -0.340 e. The van der Waals surface area contributed by atoms with Crippen LogP contribution in [0.25, 0.3) is 0 Å². The maximum Gasteiger partial charge on any atom is 0.227 e. The number of thiophene rings is 1. The maximum atomic E-state index is 4.99. The van der Waals surface area contributed by atoms with Crippen LogP contribution in [0, 0.1) is 0 Å². The lowest BCUT2D eigenvalue weighted by Crippen LogP contribution is -2.20. The third-order valence-corrected chi connectivity index (χ3v) is 5.06. The van der Waals surface area contributed by atoms with Gasteiger partial charge in [0.2, 0.25) is 5.89 Å². The molecule has 0 aliphatic heterocycles. The van der Waals surface area contributed by atoms with E-state index >= 15 is 0 Å². The van der Waals surface area contributed by atoms with Crippen LogP contribution in [0.15, 0.2) is 16.9 Å². The Morgan fingerprint density at radius 3 is 3.11 bits per heavy atom. The Bertz CT molecular complexity index is 497. The first kappa shape index (κ1) is 12.8. The van der Waals surface area contributed by atoms with Crippen LogP contribution >= 0.6 is 11.3 Å². The van der Waals surface area contributed by atoms with Crippen molar-refractivity contribution in [2.45, 2.75) is 45.1 Å². The van der Waals surface area contributed by atoms with Crippen molar-refractivity contribution in [2.24, 2.45) is 0 Å². The second-order valence-corrected chi connectivity index (χ2v) is 6.23. The summed E-state index contributed by atoms with van der Waals surface area (Å²) < 4.78 is 4.99. The average Bonchev–Trinajstić information content (AvgIpc) is 3.07. The van der Waals surface area contributed by atoms with Gasteiger partial charge < -0.3 is 9.84 Å². The molecule has 3 rings (SSSR count). The van der Waals surface area contributed by atoms with Crippen molar-refractivity contribution in [3.05, 3.63) is 33.6 Å². The van der Waals surface area contributed by atoms with Gasteiger partial charge in [0.05, 0.1) is 0 Å². The van der Waals surface area contributed by atoms with Gasteiger partial charge in [-0.25, -0.2) is 0 Å². The molecule has 2 heterocycles. The number of rotatable bonds is 5. The summed E-state index contributed by atoms with van der Waals surface area (Å²) in [6.07, 6.45) is 7.48. The fourth-order valence-corrected chi connectivity index (χ4v) is 3.81. The lowest BCUT2D eigenvalue weighted by molar-refractivity contribution is 0.372. The Labute approximate surface area is 117 Å². The lowest BCUT2D eigenvalue weighted by atomic mass is 9.99. The average molecular weight is 277 g/mol. The van der Waals surface area contributed by atoms with E-state index in [9.17, 15) is 0 Å². The zero-order valence-electron chi connectivity index (χ0n) is 11.2. The van der Waals surface area contributed by atoms with Crippen LogP contribution in [0.2, 0.25) is 0 Å². The molecule has 0 radical (unpaired) electrons. The van der Waals surface area contributed by atoms with Gasteiger partial charge in [0, 0.05) is 28.8 Å². The summed E-state index contributed by atoms with van der Waals surface area (Å²) in [5, 5.41) is 7.14. The highest BCUT2D eigenvalue weighted by Gasteiger charge is 2.16. The first-order chi connectivity index (χ1) is 9.33. The molecule has 0 saturated heterocycles. The monoisotopic (exact) mass is 277 g/mol. The number of aryl methyl sites for hydroxylation is 2. The molecule has 4 nitrogen and oxygen atoms in total. The van der Waals surface area contributed by atoms with Crippen LogP contribution in [0.4, 0.5) is 0 Å². The fraction of sp³-hybridized carbons (Fsp3) is 0.571. The largest absolute Gasteiger partial charge is 0.340 e. The predicted molar refractivity (Wildman–Crippen MR) is 75.4 cm³/mol. The quantitative estimate of drug-likeness (QED) is 0.913. The minimum absolute atomic E-state index is 0.401. The van der Waals surface area contributed by atoms with Crippen LogP contribution in [0.1, 0.15) is 47.0 Å². The van der Waals surface area contributed by atoms with Crippen molar-refractivity contribution >= 4 is 11.3 Å². The predicted octanol–water partition coefficient (Wildman–Crippen LogP) is 2.90. The van der Waals surface area contributed by atoms with Crippen molar-refractivity contribution in [3.8, 4) is 0 Å². The number of hydrogen-bond acceptors (Lipinski definition) is 5. The van der Waals surface area contributed by atoms with E-state index in [1.807, 2.05) is 11.3 Å². The summed E-state index contributed by atoms with van der Waals surface area (Å²) in [6.45, 7) is 3.09. The Morgan fingerprint density at radius 1 is 1.42 bits per heavy atom. The Balaban J connectivity index is 1.54. The number of nitrogens with zero attached hydrogens (tertiary/aromatic N) is 2. The third kappa shape index (κ3) is 3.04. The molecule has 2 aromatic heterocycles. The van der Waals surface area contributed by atoms with E-state index in [-0.39, 0.29) is 0 Å². The summed E-state index contributed by atoms with van der Waals surface area (Å²) in [5.74, 6) is 0.699. The smallest absolute Gasteiger partial charge is 0.227 e. The van der Waals surface area contributed by atoms with E-state index in [0.717, 1.165) is 13.0 Å². The SMILES string of the molecule is CC(NCCc1ncno1)c1cc2c(s1)CCCC2. The summed E-state index contributed by atoms with van der Waals surface area (Å²) in [4.78, 5) is 7.08. The highest BCUT2D eigenvalue weighted by atomic mass is 32.1. The van der Waals surface area contributed by atoms with E-state index in [1.165, 1.54) is 36.9 Å². The van der Waals surface area contributed by atoms with Gasteiger partial charge in [-0.15, -0.1) is 11.3 Å². The normalized spacial score (nSPS) is 16.3. The molecule has 1 aliphatic carbocycles. The molecule has 5 heteroatoms. The minimum atomic E-state index is 0.401. The van der Waals surface area contributed by atoms with Crippen molar-refractivity contribution in [1.29, 1.82) is 0 Å². The highest BCUT2D eigenvalue weighted by molar-refractivity contribution is 7.12. The van der Waals surface area contributed by atoms with E-state index in [0.29, 0.717) is 11.9 Å². The molecule has 1 atom stereocenters. The fourth-order valence-electron chi connectivity index (χ4n) is 2.53. The van der Waals surface area contributed by atoms with Gasteiger partial charge in [-0.2, -0.15) is 4.98 Å². The van der Waals surface area contributed by atoms with Gasteiger partial charge in [0.25, 0.3) is 0 Å². The van der Waals surface area contributed by atoms with Crippen molar-refractivity contribution in [2.75, 3.05) is 6.54 Å². The molecule has 1 N–H and O–H groups in total. The summed E-state index contributed by atoms with van der Waals surface area (Å²) in [5.41, 5.74) is 1.58. The second kappa shape index (κ2) is 5.84. The van der Waals surface area contributed by atoms with Crippen LogP contribution in [-0.4, -0.2) is 16.7 Å². The molecule has 0 saturated carbocycles. The zero-order chi connectivity index (χ0) is 13.1. The number of hydrogen-bond donors (Lipinski definition) is 1. The highest BCUT2D eigenvalue weighted by Crippen LogP contribution is 2.32. The standard InChI is InChI=1S/C14H19N3OS/c1-10(15-7-6-14-16-9-17-18-14)13-8-11-4-2-3-5-12(11)19-13/h8-10,15H,2-7H2,1H3. The van der Waals surface area contributed by atoms with Crippen LogP contribution in [-0.2, 0) is 19.3 Å². The van der Waals surface area contributed by atoms with E-state index < -0.39 is 0 Å². The molecule has 2 aromatic rings. The molecule has 1 unspecified atom stereocenters. The first-order valence-corrected chi connectivity index (χ1v) is 7.75. The number of nitrogens with one attached hydrogen (secondary N) is 1. The topological polar surface area (TPSA) is 51.0 Å². The van der Waals surface area contributed by atoms with Gasteiger partial charge in [0.15, 0.2) is 6.33 Å². The van der Waals surface area contributed by atoms with Gasteiger partial charge in [-0.1, -0.05) is 5.16 Å². The van der Waals surface area contributed by atoms with E-state index in [2.05, 4.69) is 28.4 Å². The van der Waals surface area contributed by atoms with E-state index in [4.69, 9.17) is 4.52 Å². The summed E-state index contributed by atoms with van der Waals surface area (Å²) >= 11 is 1.98. The van der Waals surface area contributed by atoms with Crippen molar-refractivity contribution in [3.63, 3.8) is 0 Å². The molecule has 19 heavy (non-hydrogen) atoms. The van der Waals surface area contributed by atoms with Crippen molar-refractivity contribution < 1.29 is 4.52 Å². The Hall–Kier alpha value is -1.20. The zero-order valence-corrected chi connectivity index (χ0v) is 12.0. The van der Waals surface area contributed by atoms with Crippen LogP contribution in [0.3, 0.4) is 0 Å². The summed E-state index contributed by atoms with van der Waals surface area (Å²) in [6, 6.07) is 2.79. The van der Waals surface area contributed by atoms with Gasteiger partial charge in [-0.05, 0) is 44.2 Å². The molecular formula is C14H19N3OS. The third-order valence-electron chi connectivity index (χ3n) is 3.64. The molecule has 0 aromatic carbocycles. The Kier molecular flexibility index (Phi) is 3.94. The maximum absolute atomic E-state index is 4.99. The molecule has 0 spiro atoms. The van der Waals surface area contributed by atoms with Crippen LogP contribution < -0.4 is 5.32 Å².